The molecule has 35 heavy (non-hydrogen) atoms. The number of anilines is 1. The Labute approximate surface area is 214 Å². The van der Waals surface area contributed by atoms with E-state index in [1.165, 1.54) is 6.07 Å². The van der Waals surface area contributed by atoms with E-state index in [1.807, 2.05) is 19.2 Å². The van der Waals surface area contributed by atoms with Crippen molar-refractivity contribution in [3.8, 4) is 0 Å². The van der Waals surface area contributed by atoms with Crippen LogP contribution in [0.4, 0.5) is 10.5 Å². The van der Waals surface area contributed by atoms with E-state index in [4.69, 9.17) is 11.6 Å². The van der Waals surface area contributed by atoms with Crippen LogP contribution in [0.25, 0.3) is 0 Å². The number of rotatable bonds is 7. The zero-order chi connectivity index (χ0) is 26.1. The summed E-state index contributed by atoms with van der Waals surface area (Å²) in [4.78, 5) is 26.4. The molecule has 0 aliphatic carbocycles. The van der Waals surface area contributed by atoms with Crippen molar-refractivity contribution < 1.29 is 14.7 Å². The number of carbonyl (C=O) groups excluding carboxylic acids is 1. The lowest BCUT2D eigenvalue weighted by Gasteiger charge is -2.44. The summed E-state index contributed by atoms with van der Waals surface area (Å²) >= 11 is 6.76. The van der Waals surface area contributed by atoms with Crippen molar-refractivity contribution >= 4 is 29.3 Å². The van der Waals surface area contributed by atoms with E-state index in [2.05, 4.69) is 59.0 Å². The van der Waals surface area contributed by atoms with E-state index in [0.29, 0.717) is 12.1 Å². The third-order valence-electron chi connectivity index (χ3n) is 6.85. The van der Waals surface area contributed by atoms with Crippen molar-refractivity contribution in [2.24, 2.45) is 11.3 Å². The fraction of sp³-hybridized carbons (Fsp3) is 0.448. The van der Waals surface area contributed by atoms with Crippen LogP contribution in [0.5, 0.6) is 0 Å². The van der Waals surface area contributed by atoms with Crippen LogP contribution < -0.4 is 10.2 Å². The molecule has 6 heteroatoms. The van der Waals surface area contributed by atoms with Gasteiger partial charge in [-0.3, -0.25) is 4.90 Å². The number of amides is 2. The summed E-state index contributed by atoms with van der Waals surface area (Å²) in [6.07, 6.45) is 4.52. The minimum atomic E-state index is -0.992. The maximum Gasteiger partial charge on any atom is 0.335 e. The molecule has 2 aromatic carbocycles. The van der Waals surface area contributed by atoms with Gasteiger partial charge in [-0.2, -0.15) is 0 Å². The Hall–Kier alpha value is -2.79. The van der Waals surface area contributed by atoms with Crippen molar-refractivity contribution in [3.63, 3.8) is 0 Å². The predicted molar refractivity (Wildman–Crippen MR) is 143 cm³/mol. The third-order valence-corrected chi connectivity index (χ3v) is 7.20. The molecule has 1 aliphatic rings. The Morgan fingerprint density at radius 1 is 1.17 bits per heavy atom. The molecule has 0 fully saturated rings. The van der Waals surface area contributed by atoms with E-state index >= 15 is 0 Å². The maximum atomic E-state index is 13.5. The Bertz CT molecular complexity index is 1160. The van der Waals surface area contributed by atoms with Crippen LogP contribution in [0.1, 0.15) is 81.4 Å². The molecule has 0 aromatic heterocycles. The molecule has 0 radical (unpaired) electrons. The fourth-order valence-electron chi connectivity index (χ4n) is 4.76. The van der Waals surface area contributed by atoms with Gasteiger partial charge >= 0.3 is 12.0 Å². The van der Waals surface area contributed by atoms with Gasteiger partial charge in [0.1, 0.15) is 0 Å². The number of hydrogen-bond donors (Lipinski definition) is 2. The Morgan fingerprint density at radius 2 is 1.86 bits per heavy atom. The van der Waals surface area contributed by atoms with Gasteiger partial charge in [-0.05, 0) is 84.0 Å². The molecule has 1 atom stereocenters. The van der Waals surface area contributed by atoms with E-state index in [9.17, 15) is 14.7 Å². The number of aromatic carboxylic acids is 1. The molecule has 1 aliphatic heterocycles. The first-order valence-electron chi connectivity index (χ1n) is 12.3. The SMILES string of the molecule is CC[C@@]1(c2ccc(CCC(C)(C)C)c(Cl)c2)NC(=O)N(c2ccc(C(=O)O)cc2C)C=C1C(C)C. The Kier molecular flexibility index (Phi) is 7.71. The topological polar surface area (TPSA) is 69.6 Å². The number of carboxylic acid groups (broad SMARTS) is 1. The number of hydrogen-bond acceptors (Lipinski definition) is 2. The highest BCUT2D eigenvalue weighted by molar-refractivity contribution is 6.31. The lowest BCUT2D eigenvalue weighted by Crippen LogP contribution is -2.56. The molecule has 0 unspecified atom stereocenters. The Morgan fingerprint density at radius 3 is 2.37 bits per heavy atom. The molecular formula is C29H37ClN2O3. The largest absolute Gasteiger partial charge is 0.478 e. The number of urea groups is 1. The lowest BCUT2D eigenvalue weighted by atomic mass is 9.74. The van der Waals surface area contributed by atoms with Crippen molar-refractivity contribution in [3.05, 3.63) is 75.4 Å². The number of carbonyl (C=O) groups is 2. The number of halogens is 1. The van der Waals surface area contributed by atoms with Gasteiger partial charge in [0, 0.05) is 11.2 Å². The molecule has 0 bridgehead atoms. The van der Waals surface area contributed by atoms with Crippen LogP contribution in [-0.4, -0.2) is 17.1 Å². The monoisotopic (exact) mass is 496 g/mol. The molecule has 2 aromatic rings. The number of nitrogens with one attached hydrogen (secondary N) is 1. The quantitative estimate of drug-likeness (QED) is 0.412. The highest BCUT2D eigenvalue weighted by atomic mass is 35.5. The van der Waals surface area contributed by atoms with Crippen LogP contribution >= 0.6 is 11.6 Å². The second-order valence-electron chi connectivity index (χ2n) is 11.0. The van der Waals surface area contributed by atoms with Gasteiger partial charge in [0.2, 0.25) is 0 Å². The van der Waals surface area contributed by atoms with Gasteiger partial charge < -0.3 is 10.4 Å². The molecule has 0 saturated carbocycles. The average molecular weight is 497 g/mol. The number of carboxylic acids is 1. The van der Waals surface area contributed by atoms with Crippen molar-refractivity contribution in [1.29, 1.82) is 0 Å². The van der Waals surface area contributed by atoms with E-state index in [-0.39, 0.29) is 22.9 Å². The third kappa shape index (κ3) is 5.56. The Balaban J connectivity index is 2.06. The summed E-state index contributed by atoms with van der Waals surface area (Å²) in [6.45, 7) is 14.8. The second-order valence-corrected chi connectivity index (χ2v) is 11.4. The maximum absolute atomic E-state index is 13.5. The first-order chi connectivity index (χ1) is 16.3. The molecule has 3 rings (SSSR count). The number of benzene rings is 2. The van der Waals surface area contributed by atoms with E-state index in [0.717, 1.165) is 40.1 Å². The molecule has 5 nitrogen and oxygen atoms in total. The molecule has 2 amide bonds. The summed E-state index contributed by atoms with van der Waals surface area (Å²) in [5.74, 6) is -0.843. The zero-order valence-corrected chi connectivity index (χ0v) is 22.6. The van der Waals surface area contributed by atoms with Crippen molar-refractivity contribution in [2.75, 3.05) is 4.90 Å². The molecule has 2 N–H and O–H groups in total. The van der Waals surface area contributed by atoms with Crippen molar-refractivity contribution in [2.45, 2.75) is 73.3 Å². The summed E-state index contributed by atoms with van der Waals surface area (Å²) in [6, 6.07) is 10.7. The zero-order valence-electron chi connectivity index (χ0n) is 21.8. The predicted octanol–water partition coefficient (Wildman–Crippen LogP) is 7.70. The summed E-state index contributed by atoms with van der Waals surface area (Å²) in [7, 11) is 0. The molecule has 0 spiro atoms. The lowest BCUT2D eigenvalue weighted by molar-refractivity contribution is 0.0696. The number of aryl methyl sites for hydroxylation is 2. The minimum absolute atomic E-state index is 0.149. The molecule has 188 valence electrons. The van der Waals surface area contributed by atoms with Crippen LogP contribution in [-0.2, 0) is 12.0 Å². The van der Waals surface area contributed by atoms with Gasteiger partial charge in [-0.1, -0.05) is 65.3 Å². The number of nitrogens with zero attached hydrogens (tertiary/aromatic N) is 1. The van der Waals surface area contributed by atoms with Crippen molar-refractivity contribution in [1.82, 2.24) is 5.32 Å². The van der Waals surface area contributed by atoms with E-state index in [1.54, 1.807) is 17.0 Å². The second kappa shape index (κ2) is 10.1. The smallest absolute Gasteiger partial charge is 0.335 e. The highest BCUT2D eigenvalue weighted by Gasteiger charge is 2.43. The summed E-state index contributed by atoms with van der Waals surface area (Å²) in [5, 5.41) is 13.3. The summed E-state index contributed by atoms with van der Waals surface area (Å²) < 4.78 is 0. The van der Waals surface area contributed by atoms with Crippen LogP contribution in [0.2, 0.25) is 5.02 Å². The van der Waals surface area contributed by atoms with Gasteiger partial charge in [0.15, 0.2) is 0 Å². The normalized spacial score (nSPS) is 18.5. The van der Waals surface area contributed by atoms with Gasteiger partial charge in [0.25, 0.3) is 0 Å². The first-order valence-corrected chi connectivity index (χ1v) is 12.6. The van der Waals surface area contributed by atoms with Gasteiger partial charge in [0.05, 0.1) is 16.8 Å². The molecule has 1 heterocycles. The average Bonchev–Trinajstić information content (AvgIpc) is 2.77. The highest BCUT2D eigenvalue weighted by Crippen LogP contribution is 2.42. The van der Waals surface area contributed by atoms with Crippen LogP contribution in [0.3, 0.4) is 0 Å². The standard InChI is InChI=1S/C29H37ClN2O3/c1-8-29(22-11-9-20(24(30)16-22)13-14-28(5,6)7)23(18(2)3)17-32(27(35)31-29)25-12-10-21(26(33)34)15-19(25)4/h9-12,15-18H,8,13-14H2,1-7H3,(H,31,35)(H,33,34)/t29-/m0/s1. The van der Waals surface area contributed by atoms with Gasteiger partial charge in [-0.25, -0.2) is 9.59 Å². The van der Waals surface area contributed by atoms with Crippen LogP contribution in [0, 0.1) is 18.3 Å². The first kappa shape index (κ1) is 26.8. The summed E-state index contributed by atoms with van der Waals surface area (Å²) in [5.41, 5.74) is 4.27. The molecular weight excluding hydrogens is 460 g/mol. The molecule has 0 saturated heterocycles. The van der Waals surface area contributed by atoms with Gasteiger partial charge in [-0.15, -0.1) is 0 Å². The van der Waals surface area contributed by atoms with Crippen LogP contribution in [0.15, 0.2) is 48.2 Å². The van der Waals surface area contributed by atoms with E-state index < -0.39 is 11.5 Å². The minimum Gasteiger partial charge on any atom is -0.478 e. The fourth-order valence-corrected chi connectivity index (χ4v) is 5.04.